The molecule has 1 aromatic heterocycles. The fourth-order valence-corrected chi connectivity index (χ4v) is 2.51. The first-order chi connectivity index (χ1) is 8.83. The second-order valence-electron chi connectivity index (χ2n) is 4.76. The fourth-order valence-electron chi connectivity index (χ4n) is 2.51. The SMILES string of the molecule is Fc1ccc(CNC2CCCc3cn[nH]c32)cc1. The first-order valence-corrected chi connectivity index (χ1v) is 6.33. The van der Waals surface area contributed by atoms with Crippen molar-refractivity contribution in [3.63, 3.8) is 0 Å². The van der Waals surface area contributed by atoms with E-state index in [-0.39, 0.29) is 5.82 Å². The minimum absolute atomic E-state index is 0.188. The first kappa shape index (κ1) is 11.4. The van der Waals surface area contributed by atoms with Crippen LogP contribution in [0.2, 0.25) is 0 Å². The number of fused-ring (bicyclic) bond motifs is 1. The molecule has 0 aliphatic heterocycles. The maximum atomic E-state index is 12.8. The van der Waals surface area contributed by atoms with Crippen molar-refractivity contribution in [2.75, 3.05) is 0 Å². The van der Waals surface area contributed by atoms with Gasteiger partial charge in [-0.2, -0.15) is 5.10 Å². The molecule has 18 heavy (non-hydrogen) atoms. The van der Waals surface area contributed by atoms with Crippen molar-refractivity contribution in [2.45, 2.75) is 31.8 Å². The summed E-state index contributed by atoms with van der Waals surface area (Å²) in [6.45, 7) is 0.753. The molecule has 1 aliphatic rings. The molecule has 1 aliphatic carbocycles. The summed E-state index contributed by atoms with van der Waals surface area (Å²) in [6, 6.07) is 6.97. The predicted molar refractivity (Wildman–Crippen MR) is 67.5 cm³/mol. The third kappa shape index (κ3) is 2.29. The molecule has 0 saturated heterocycles. The van der Waals surface area contributed by atoms with Crippen LogP contribution in [-0.2, 0) is 13.0 Å². The second-order valence-corrected chi connectivity index (χ2v) is 4.76. The monoisotopic (exact) mass is 245 g/mol. The van der Waals surface area contributed by atoms with E-state index in [2.05, 4.69) is 15.5 Å². The number of hydrogen-bond acceptors (Lipinski definition) is 2. The Kier molecular flexibility index (Phi) is 3.11. The van der Waals surface area contributed by atoms with Gasteiger partial charge in [-0.1, -0.05) is 12.1 Å². The molecule has 1 atom stereocenters. The van der Waals surface area contributed by atoms with Gasteiger partial charge in [0.05, 0.1) is 11.9 Å². The zero-order valence-electron chi connectivity index (χ0n) is 10.1. The van der Waals surface area contributed by atoms with Crippen LogP contribution in [0.5, 0.6) is 0 Å². The van der Waals surface area contributed by atoms with Crippen molar-refractivity contribution < 1.29 is 4.39 Å². The van der Waals surface area contributed by atoms with Crippen molar-refractivity contribution in [3.8, 4) is 0 Å². The van der Waals surface area contributed by atoms with Gasteiger partial charge in [-0.15, -0.1) is 0 Å². The summed E-state index contributed by atoms with van der Waals surface area (Å²) in [5.41, 5.74) is 3.63. The molecule has 0 amide bonds. The van der Waals surface area contributed by atoms with Crippen LogP contribution in [0.25, 0.3) is 0 Å². The standard InChI is InChI=1S/C14H16FN3/c15-12-6-4-10(5-7-12)8-16-13-3-1-2-11-9-17-18-14(11)13/h4-7,9,13,16H,1-3,8H2,(H,17,18). The van der Waals surface area contributed by atoms with Crippen molar-refractivity contribution in [3.05, 3.63) is 53.1 Å². The molecule has 0 radical (unpaired) electrons. The Bertz CT molecular complexity index is 518. The van der Waals surface area contributed by atoms with E-state index in [4.69, 9.17) is 0 Å². The number of aryl methyl sites for hydroxylation is 1. The highest BCUT2D eigenvalue weighted by molar-refractivity contribution is 5.23. The number of aromatic nitrogens is 2. The van der Waals surface area contributed by atoms with Crippen molar-refractivity contribution in [2.24, 2.45) is 0 Å². The molecule has 94 valence electrons. The fraction of sp³-hybridized carbons (Fsp3) is 0.357. The number of H-pyrrole nitrogens is 1. The maximum absolute atomic E-state index is 12.8. The lowest BCUT2D eigenvalue weighted by Gasteiger charge is -2.23. The summed E-state index contributed by atoms with van der Waals surface area (Å²) < 4.78 is 12.8. The second kappa shape index (κ2) is 4.90. The highest BCUT2D eigenvalue weighted by atomic mass is 19.1. The van der Waals surface area contributed by atoms with Gasteiger partial charge in [0.1, 0.15) is 5.82 Å². The van der Waals surface area contributed by atoms with Crippen LogP contribution in [0, 0.1) is 5.82 Å². The van der Waals surface area contributed by atoms with Crippen LogP contribution >= 0.6 is 0 Å². The molecular formula is C14H16FN3. The van der Waals surface area contributed by atoms with Crippen molar-refractivity contribution in [1.29, 1.82) is 0 Å². The lowest BCUT2D eigenvalue weighted by molar-refractivity contribution is 0.449. The first-order valence-electron chi connectivity index (χ1n) is 6.33. The normalized spacial score (nSPS) is 18.6. The smallest absolute Gasteiger partial charge is 0.123 e. The quantitative estimate of drug-likeness (QED) is 0.873. The average Bonchev–Trinajstić information content (AvgIpc) is 2.87. The number of halogens is 1. The highest BCUT2D eigenvalue weighted by Crippen LogP contribution is 2.27. The van der Waals surface area contributed by atoms with E-state index in [1.54, 1.807) is 0 Å². The third-order valence-electron chi connectivity index (χ3n) is 3.50. The molecule has 1 unspecified atom stereocenters. The van der Waals surface area contributed by atoms with Gasteiger partial charge >= 0.3 is 0 Å². The Morgan fingerprint density at radius 3 is 3.00 bits per heavy atom. The lowest BCUT2D eigenvalue weighted by atomic mass is 9.93. The summed E-state index contributed by atoms with van der Waals surface area (Å²) in [7, 11) is 0. The Balaban J connectivity index is 1.66. The number of hydrogen-bond donors (Lipinski definition) is 2. The molecule has 1 aromatic carbocycles. The Morgan fingerprint density at radius 1 is 1.33 bits per heavy atom. The molecule has 0 spiro atoms. The number of aromatic amines is 1. The zero-order valence-corrected chi connectivity index (χ0v) is 10.1. The predicted octanol–water partition coefficient (Wildman–Crippen LogP) is 2.72. The van der Waals surface area contributed by atoms with E-state index in [0.29, 0.717) is 6.04 Å². The van der Waals surface area contributed by atoms with Crippen LogP contribution in [0.3, 0.4) is 0 Å². The van der Waals surface area contributed by atoms with E-state index in [0.717, 1.165) is 24.9 Å². The van der Waals surface area contributed by atoms with Crippen LogP contribution in [-0.4, -0.2) is 10.2 Å². The molecule has 0 fully saturated rings. The minimum Gasteiger partial charge on any atom is -0.305 e. The van der Waals surface area contributed by atoms with Gasteiger partial charge in [0.2, 0.25) is 0 Å². The Morgan fingerprint density at radius 2 is 2.17 bits per heavy atom. The van der Waals surface area contributed by atoms with E-state index in [1.165, 1.54) is 29.8 Å². The number of benzene rings is 1. The Labute approximate surface area is 105 Å². The van der Waals surface area contributed by atoms with Crippen molar-refractivity contribution in [1.82, 2.24) is 15.5 Å². The summed E-state index contributed by atoms with van der Waals surface area (Å²) in [5.74, 6) is -0.188. The van der Waals surface area contributed by atoms with Crippen molar-refractivity contribution >= 4 is 0 Å². The average molecular weight is 245 g/mol. The minimum atomic E-state index is -0.188. The summed E-state index contributed by atoms with van der Waals surface area (Å²) in [4.78, 5) is 0. The summed E-state index contributed by atoms with van der Waals surface area (Å²) in [6.07, 6.45) is 5.34. The zero-order chi connectivity index (χ0) is 12.4. The van der Waals surface area contributed by atoms with E-state index in [1.807, 2.05) is 18.3 Å². The largest absolute Gasteiger partial charge is 0.305 e. The lowest BCUT2D eigenvalue weighted by Crippen LogP contribution is -2.24. The number of rotatable bonds is 3. The molecule has 2 aromatic rings. The van der Waals surface area contributed by atoms with E-state index in [9.17, 15) is 4.39 Å². The molecular weight excluding hydrogens is 229 g/mol. The van der Waals surface area contributed by atoms with E-state index < -0.39 is 0 Å². The highest BCUT2D eigenvalue weighted by Gasteiger charge is 2.21. The summed E-state index contributed by atoms with van der Waals surface area (Å²) in [5, 5.41) is 10.7. The molecule has 0 bridgehead atoms. The molecule has 4 heteroatoms. The van der Waals surface area contributed by atoms with Crippen LogP contribution < -0.4 is 5.32 Å². The van der Waals surface area contributed by atoms with Gasteiger partial charge < -0.3 is 5.32 Å². The topological polar surface area (TPSA) is 40.7 Å². The summed E-state index contributed by atoms with van der Waals surface area (Å²) >= 11 is 0. The molecule has 3 nitrogen and oxygen atoms in total. The Hall–Kier alpha value is -1.68. The van der Waals surface area contributed by atoms with Gasteiger partial charge in [0, 0.05) is 12.6 Å². The van der Waals surface area contributed by atoms with Gasteiger partial charge in [0.15, 0.2) is 0 Å². The van der Waals surface area contributed by atoms with Crippen LogP contribution in [0.4, 0.5) is 4.39 Å². The molecule has 2 N–H and O–H groups in total. The van der Waals surface area contributed by atoms with Gasteiger partial charge in [0.25, 0.3) is 0 Å². The van der Waals surface area contributed by atoms with E-state index >= 15 is 0 Å². The molecule has 1 heterocycles. The van der Waals surface area contributed by atoms with Gasteiger partial charge in [-0.3, -0.25) is 5.10 Å². The van der Waals surface area contributed by atoms with Gasteiger partial charge in [-0.25, -0.2) is 4.39 Å². The maximum Gasteiger partial charge on any atom is 0.123 e. The number of nitrogens with zero attached hydrogens (tertiary/aromatic N) is 1. The third-order valence-corrected chi connectivity index (χ3v) is 3.50. The molecule has 3 rings (SSSR count). The van der Waals surface area contributed by atoms with Crippen LogP contribution in [0.1, 0.15) is 35.7 Å². The molecule has 0 saturated carbocycles. The van der Waals surface area contributed by atoms with Gasteiger partial charge in [-0.05, 0) is 42.5 Å². The number of nitrogens with one attached hydrogen (secondary N) is 2. The van der Waals surface area contributed by atoms with Crippen LogP contribution in [0.15, 0.2) is 30.5 Å².